The molecule has 3 N–H and O–H groups in total. The molecular formula is C14H27N3. The topological polar surface area (TPSA) is 53.1 Å². The van der Waals surface area contributed by atoms with Gasteiger partial charge in [-0.2, -0.15) is 0 Å². The summed E-state index contributed by atoms with van der Waals surface area (Å²) in [7, 11) is 0. The van der Waals surface area contributed by atoms with E-state index < -0.39 is 0 Å². The second kappa shape index (κ2) is 5.38. The highest BCUT2D eigenvalue weighted by atomic mass is 15.1. The van der Waals surface area contributed by atoms with Crippen LogP contribution in [0.4, 0.5) is 0 Å². The molecule has 0 aromatic carbocycles. The summed E-state index contributed by atoms with van der Waals surface area (Å²) in [5.74, 6) is 1.33. The molecule has 3 nitrogen and oxygen atoms in total. The second-order valence-electron chi connectivity index (χ2n) is 6.18. The molecule has 0 aromatic rings. The van der Waals surface area contributed by atoms with Gasteiger partial charge in [0.25, 0.3) is 0 Å². The number of hydrogen-bond acceptors (Lipinski definition) is 2. The van der Waals surface area contributed by atoms with Gasteiger partial charge in [0.15, 0.2) is 0 Å². The van der Waals surface area contributed by atoms with Crippen LogP contribution < -0.4 is 5.73 Å². The summed E-state index contributed by atoms with van der Waals surface area (Å²) in [5.41, 5.74) is 5.95. The van der Waals surface area contributed by atoms with Gasteiger partial charge >= 0.3 is 0 Å². The summed E-state index contributed by atoms with van der Waals surface area (Å²) in [5, 5.41) is 7.47. The van der Waals surface area contributed by atoms with Crippen LogP contribution in [-0.4, -0.2) is 30.4 Å². The molecule has 0 spiro atoms. The van der Waals surface area contributed by atoms with Crippen molar-refractivity contribution < 1.29 is 0 Å². The second-order valence-corrected chi connectivity index (χ2v) is 6.18. The van der Waals surface area contributed by atoms with Crippen LogP contribution in [0.5, 0.6) is 0 Å². The molecule has 1 aliphatic heterocycles. The molecule has 1 heterocycles. The van der Waals surface area contributed by atoms with Crippen LogP contribution in [0.3, 0.4) is 0 Å². The highest BCUT2D eigenvalue weighted by molar-refractivity contribution is 5.78. The van der Waals surface area contributed by atoms with Crippen molar-refractivity contribution >= 4 is 5.84 Å². The van der Waals surface area contributed by atoms with Gasteiger partial charge in [-0.15, -0.1) is 0 Å². The monoisotopic (exact) mass is 237 g/mol. The van der Waals surface area contributed by atoms with Gasteiger partial charge in [-0.3, -0.25) is 5.41 Å². The number of nitrogens with zero attached hydrogens (tertiary/aromatic N) is 1. The van der Waals surface area contributed by atoms with E-state index in [4.69, 9.17) is 11.1 Å². The van der Waals surface area contributed by atoms with E-state index in [9.17, 15) is 0 Å². The van der Waals surface area contributed by atoms with Crippen molar-refractivity contribution in [3.05, 3.63) is 0 Å². The summed E-state index contributed by atoms with van der Waals surface area (Å²) in [4.78, 5) is 2.63. The van der Waals surface area contributed by atoms with E-state index in [1.807, 2.05) is 0 Å². The van der Waals surface area contributed by atoms with Gasteiger partial charge in [-0.25, -0.2) is 0 Å². The summed E-state index contributed by atoms with van der Waals surface area (Å²) in [6.07, 6.45) is 8.85. The first-order valence-electron chi connectivity index (χ1n) is 7.19. The third-order valence-electron chi connectivity index (χ3n) is 4.60. The van der Waals surface area contributed by atoms with Gasteiger partial charge in [-0.05, 0) is 56.5 Å². The lowest BCUT2D eigenvalue weighted by atomic mass is 9.98. The van der Waals surface area contributed by atoms with Crippen molar-refractivity contribution in [1.29, 1.82) is 5.41 Å². The zero-order chi connectivity index (χ0) is 12.3. The van der Waals surface area contributed by atoms with E-state index in [0.717, 1.165) is 12.3 Å². The summed E-state index contributed by atoms with van der Waals surface area (Å²) < 4.78 is 0. The molecular weight excluding hydrogens is 210 g/mol. The van der Waals surface area contributed by atoms with Crippen LogP contribution in [0.2, 0.25) is 0 Å². The molecule has 1 saturated heterocycles. The SMILES string of the molecule is CCC1CCCN(CC2(CC(=N)N)CC2)CC1. The minimum atomic E-state index is 0.378. The molecule has 17 heavy (non-hydrogen) atoms. The Balaban J connectivity index is 1.81. The lowest BCUT2D eigenvalue weighted by Gasteiger charge is -2.26. The molecule has 98 valence electrons. The lowest BCUT2D eigenvalue weighted by molar-refractivity contribution is 0.226. The number of rotatable bonds is 5. The van der Waals surface area contributed by atoms with Gasteiger partial charge < -0.3 is 10.6 Å². The summed E-state index contributed by atoms with van der Waals surface area (Å²) in [6.45, 7) is 6.02. The van der Waals surface area contributed by atoms with Crippen LogP contribution in [0.25, 0.3) is 0 Å². The molecule has 3 heteroatoms. The molecule has 1 saturated carbocycles. The van der Waals surface area contributed by atoms with Gasteiger partial charge in [0.2, 0.25) is 0 Å². The van der Waals surface area contributed by atoms with Crippen LogP contribution in [0.15, 0.2) is 0 Å². The average Bonchev–Trinajstić information content (AvgIpc) is 3.03. The molecule has 0 radical (unpaired) electrons. The zero-order valence-electron chi connectivity index (χ0n) is 11.2. The van der Waals surface area contributed by atoms with Gasteiger partial charge in [0.1, 0.15) is 0 Å². The highest BCUT2D eigenvalue weighted by Crippen LogP contribution is 2.49. The maximum absolute atomic E-state index is 7.47. The molecule has 2 fully saturated rings. The van der Waals surface area contributed by atoms with Crippen molar-refractivity contribution in [1.82, 2.24) is 4.90 Å². The molecule has 2 rings (SSSR count). The van der Waals surface area contributed by atoms with E-state index in [1.165, 1.54) is 58.2 Å². The number of hydrogen-bond donors (Lipinski definition) is 2. The van der Waals surface area contributed by atoms with Crippen molar-refractivity contribution in [2.45, 2.75) is 51.9 Å². The first-order chi connectivity index (χ1) is 8.13. The minimum absolute atomic E-state index is 0.378. The Bertz CT molecular complexity index is 271. The molecule has 1 unspecified atom stereocenters. The molecule has 0 amide bonds. The molecule has 1 aliphatic carbocycles. The van der Waals surface area contributed by atoms with E-state index in [0.29, 0.717) is 11.3 Å². The maximum Gasteiger partial charge on any atom is 0.0911 e. The fraction of sp³-hybridized carbons (Fsp3) is 0.929. The Labute approximate surface area is 105 Å². The normalized spacial score (nSPS) is 28.6. The Morgan fingerprint density at radius 3 is 2.71 bits per heavy atom. The highest BCUT2D eigenvalue weighted by Gasteiger charge is 2.44. The van der Waals surface area contributed by atoms with Gasteiger partial charge in [0.05, 0.1) is 5.84 Å². The van der Waals surface area contributed by atoms with Crippen LogP contribution in [0.1, 0.15) is 51.9 Å². The zero-order valence-corrected chi connectivity index (χ0v) is 11.2. The predicted octanol–water partition coefficient (Wildman–Crippen LogP) is 2.60. The largest absolute Gasteiger partial charge is 0.388 e. The molecule has 0 aromatic heterocycles. The fourth-order valence-electron chi connectivity index (χ4n) is 3.24. The van der Waals surface area contributed by atoms with E-state index in [2.05, 4.69) is 11.8 Å². The number of amidine groups is 1. The summed E-state index contributed by atoms with van der Waals surface area (Å²) >= 11 is 0. The molecule has 1 atom stereocenters. The number of nitrogens with one attached hydrogen (secondary N) is 1. The average molecular weight is 237 g/mol. The Morgan fingerprint density at radius 1 is 1.35 bits per heavy atom. The van der Waals surface area contributed by atoms with Crippen molar-refractivity contribution in [3.8, 4) is 0 Å². The third kappa shape index (κ3) is 3.70. The first-order valence-corrected chi connectivity index (χ1v) is 7.19. The van der Waals surface area contributed by atoms with Gasteiger partial charge in [0, 0.05) is 13.0 Å². The van der Waals surface area contributed by atoms with Crippen LogP contribution >= 0.6 is 0 Å². The van der Waals surface area contributed by atoms with Gasteiger partial charge in [-0.1, -0.05) is 13.3 Å². The van der Waals surface area contributed by atoms with Crippen molar-refractivity contribution in [3.63, 3.8) is 0 Å². The quantitative estimate of drug-likeness (QED) is 0.570. The van der Waals surface area contributed by atoms with Crippen LogP contribution in [-0.2, 0) is 0 Å². The smallest absolute Gasteiger partial charge is 0.0911 e. The first kappa shape index (κ1) is 12.9. The van der Waals surface area contributed by atoms with E-state index in [-0.39, 0.29) is 0 Å². The minimum Gasteiger partial charge on any atom is -0.388 e. The third-order valence-corrected chi connectivity index (χ3v) is 4.60. The number of likely N-dealkylation sites (tertiary alicyclic amines) is 1. The molecule has 2 aliphatic rings. The Hall–Kier alpha value is -0.570. The lowest BCUT2D eigenvalue weighted by Crippen LogP contribution is -2.33. The van der Waals surface area contributed by atoms with Crippen molar-refractivity contribution in [2.24, 2.45) is 17.1 Å². The van der Waals surface area contributed by atoms with Crippen molar-refractivity contribution in [2.75, 3.05) is 19.6 Å². The Morgan fingerprint density at radius 2 is 2.12 bits per heavy atom. The molecule has 0 bridgehead atoms. The summed E-state index contributed by atoms with van der Waals surface area (Å²) in [6, 6.07) is 0. The van der Waals surface area contributed by atoms with Crippen LogP contribution in [0, 0.1) is 16.7 Å². The maximum atomic E-state index is 7.47. The number of nitrogens with two attached hydrogens (primary N) is 1. The Kier molecular flexibility index (Phi) is 4.08. The fourth-order valence-corrected chi connectivity index (χ4v) is 3.24. The van der Waals surface area contributed by atoms with E-state index >= 15 is 0 Å². The van der Waals surface area contributed by atoms with E-state index in [1.54, 1.807) is 0 Å². The standard InChI is InChI=1S/C14H27N3/c1-2-12-4-3-8-17(9-5-12)11-14(6-7-14)10-13(15)16/h12H,2-11H2,1H3,(H3,15,16). The predicted molar refractivity (Wildman–Crippen MR) is 72.3 cm³/mol.